The van der Waals surface area contributed by atoms with Crippen LogP contribution in [0.2, 0.25) is 0 Å². The lowest BCUT2D eigenvalue weighted by Crippen LogP contribution is -2.41. The molecule has 0 amide bonds. The van der Waals surface area contributed by atoms with Crippen molar-refractivity contribution in [1.29, 1.82) is 0 Å². The summed E-state index contributed by atoms with van der Waals surface area (Å²) >= 11 is 0. The molecule has 2 rings (SSSR count). The highest BCUT2D eigenvalue weighted by Gasteiger charge is 2.33. The van der Waals surface area contributed by atoms with E-state index < -0.39 is 5.41 Å². The summed E-state index contributed by atoms with van der Waals surface area (Å²) in [5, 5.41) is 13.1. The van der Waals surface area contributed by atoms with Crippen LogP contribution in [0.5, 0.6) is 0 Å². The standard InChI is InChI=1S/C17H31N5O4/c1-11(2)25-8-17(7-23,9-26-12(3)4)5-6-22-10-19-13-14(22)20-16(18)21-15(13)24/h11-12,19,23H,5-10H2,1-4H3,(H3,18,20,21,24). The maximum Gasteiger partial charge on any atom is 0.277 e. The molecule has 1 aromatic rings. The molecule has 0 radical (unpaired) electrons. The highest BCUT2D eigenvalue weighted by atomic mass is 16.5. The molecule has 0 unspecified atom stereocenters. The first-order valence-corrected chi connectivity index (χ1v) is 8.99. The van der Waals surface area contributed by atoms with Crippen molar-refractivity contribution in [1.82, 2.24) is 9.97 Å². The monoisotopic (exact) mass is 369 g/mol. The Morgan fingerprint density at radius 3 is 2.42 bits per heavy atom. The molecule has 0 saturated carbocycles. The van der Waals surface area contributed by atoms with Crippen LogP contribution in [0, 0.1) is 5.41 Å². The Labute approximate surface area is 153 Å². The number of nitrogens with one attached hydrogen (secondary N) is 2. The van der Waals surface area contributed by atoms with Crippen LogP contribution in [-0.4, -0.2) is 60.3 Å². The van der Waals surface area contributed by atoms with Crippen molar-refractivity contribution in [3.63, 3.8) is 0 Å². The summed E-state index contributed by atoms with van der Waals surface area (Å²) in [6.07, 6.45) is 0.752. The molecule has 148 valence electrons. The third-order valence-electron chi connectivity index (χ3n) is 4.36. The van der Waals surface area contributed by atoms with E-state index in [2.05, 4.69) is 15.3 Å². The molecular formula is C17H31N5O4. The average Bonchev–Trinajstić information content (AvgIpc) is 2.97. The number of aliphatic hydroxyl groups excluding tert-OH is 1. The molecule has 1 aliphatic rings. The Morgan fingerprint density at radius 2 is 1.88 bits per heavy atom. The van der Waals surface area contributed by atoms with E-state index in [9.17, 15) is 9.90 Å². The number of hydrogen-bond donors (Lipinski definition) is 4. The third kappa shape index (κ3) is 5.09. The predicted octanol–water partition coefficient (Wildman–Crippen LogP) is 0.760. The number of aliphatic hydroxyl groups is 1. The summed E-state index contributed by atoms with van der Waals surface area (Å²) in [7, 11) is 0. The van der Waals surface area contributed by atoms with Gasteiger partial charge in [-0.1, -0.05) is 0 Å². The molecule has 2 heterocycles. The number of H-pyrrole nitrogens is 1. The van der Waals surface area contributed by atoms with Crippen LogP contribution in [0.4, 0.5) is 17.5 Å². The molecule has 0 aliphatic carbocycles. The van der Waals surface area contributed by atoms with Crippen molar-refractivity contribution >= 4 is 17.5 Å². The highest BCUT2D eigenvalue weighted by molar-refractivity contribution is 5.70. The van der Waals surface area contributed by atoms with Gasteiger partial charge in [0.1, 0.15) is 5.69 Å². The number of nitrogen functional groups attached to an aromatic ring is 1. The summed E-state index contributed by atoms with van der Waals surface area (Å²) in [4.78, 5) is 20.6. The fraction of sp³-hybridized carbons (Fsp3) is 0.765. The lowest BCUT2D eigenvalue weighted by atomic mass is 9.86. The van der Waals surface area contributed by atoms with E-state index >= 15 is 0 Å². The summed E-state index contributed by atoms with van der Waals surface area (Å²) in [5.74, 6) is 0.620. The minimum absolute atomic E-state index is 0.0501. The van der Waals surface area contributed by atoms with Crippen molar-refractivity contribution in [2.45, 2.75) is 46.3 Å². The van der Waals surface area contributed by atoms with Crippen LogP contribution in [0.25, 0.3) is 0 Å². The van der Waals surface area contributed by atoms with Gasteiger partial charge in [0.05, 0.1) is 38.7 Å². The topological polar surface area (TPSA) is 126 Å². The van der Waals surface area contributed by atoms with E-state index in [0.29, 0.717) is 44.4 Å². The van der Waals surface area contributed by atoms with E-state index in [1.807, 2.05) is 32.6 Å². The molecule has 0 spiro atoms. The molecule has 9 nitrogen and oxygen atoms in total. The van der Waals surface area contributed by atoms with Crippen molar-refractivity contribution in [3.05, 3.63) is 10.4 Å². The van der Waals surface area contributed by atoms with E-state index in [4.69, 9.17) is 15.2 Å². The minimum Gasteiger partial charge on any atom is -0.396 e. The summed E-state index contributed by atoms with van der Waals surface area (Å²) in [6.45, 7) is 9.64. The normalized spacial score (nSPS) is 14.2. The maximum atomic E-state index is 11.9. The molecule has 9 heteroatoms. The quantitative estimate of drug-likeness (QED) is 0.476. The zero-order valence-electron chi connectivity index (χ0n) is 16.0. The lowest BCUT2D eigenvalue weighted by molar-refractivity contribution is -0.0805. The molecule has 0 fully saturated rings. The number of aromatic amines is 1. The Bertz CT molecular complexity index is 635. The van der Waals surface area contributed by atoms with Gasteiger partial charge in [-0.2, -0.15) is 4.98 Å². The molecule has 5 N–H and O–H groups in total. The third-order valence-corrected chi connectivity index (χ3v) is 4.36. The fourth-order valence-electron chi connectivity index (χ4n) is 2.72. The zero-order chi connectivity index (χ0) is 19.3. The van der Waals surface area contributed by atoms with Crippen molar-refractivity contribution in [3.8, 4) is 0 Å². The smallest absolute Gasteiger partial charge is 0.277 e. The van der Waals surface area contributed by atoms with E-state index in [0.717, 1.165) is 0 Å². The van der Waals surface area contributed by atoms with Crippen LogP contribution >= 0.6 is 0 Å². The van der Waals surface area contributed by atoms with Crippen molar-refractivity contribution < 1.29 is 14.6 Å². The number of nitrogens with two attached hydrogens (primary N) is 1. The van der Waals surface area contributed by atoms with Gasteiger partial charge in [0.25, 0.3) is 5.56 Å². The average molecular weight is 369 g/mol. The maximum absolute atomic E-state index is 11.9. The first-order chi connectivity index (χ1) is 12.3. The SMILES string of the molecule is CC(C)OCC(CO)(CCN1CNc2c1nc(N)[nH]c2=O)COC(C)C. The second-order valence-electron chi connectivity index (χ2n) is 7.38. The second kappa shape index (κ2) is 8.70. The zero-order valence-corrected chi connectivity index (χ0v) is 16.0. The Hall–Kier alpha value is -1.84. The largest absolute Gasteiger partial charge is 0.396 e. The van der Waals surface area contributed by atoms with Gasteiger partial charge in [-0.05, 0) is 34.1 Å². The van der Waals surface area contributed by atoms with Gasteiger partial charge >= 0.3 is 0 Å². The van der Waals surface area contributed by atoms with Crippen molar-refractivity contribution in [2.24, 2.45) is 5.41 Å². The fourth-order valence-corrected chi connectivity index (χ4v) is 2.72. The van der Waals surface area contributed by atoms with Gasteiger partial charge in [0.15, 0.2) is 5.82 Å². The molecule has 1 aromatic heterocycles. The minimum atomic E-state index is -0.524. The van der Waals surface area contributed by atoms with Crippen LogP contribution in [-0.2, 0) is 9.47 Å². The Balaban J connectivity index is 2.11. The van der Waals surface area contributed by atoms with E-state index in [1.54, 1.807) is 0 Å². The van der Waals surface area contributed by atoms with Crippen LogP contribution < -0.4 is 21.5 Å². The Morgan fingerprint density at radius 1 is 1.27 bits per heavy atom. The van der Waals surface area contributed by atoms with Gasteiger partial charge < -0.3 is 30.5 Å². The lowest BCUT2D eigenvalue weighted by Gasteiger charge is -2.34. The van der Waals surface area contributed by atoms with Crippen LogP contribution in [0.15, 0.2) is 4.79 Å². The van der Waals surface area contributed by atoms with Gasteiger partial charge in [-0.15, -0.1) is 0 Å². The summed E-state index contributed by atoms with van der Waals surface area (Å²) < 4.78 is 11.6. The number of fused-ring (bicyclic) bond motifs is 1. The van der Waals surface area contributed by atoms with Gasteiger partial charge in [-0.25, -0.2) is 0 Å². The molecular weight excluding hydrogens is 338 g/mol. The highest BCUT2D eigenvalue weighted by Crippen LogP contribution is 2.30. The summed E-state index contributed by atoms with van der Waals surface area (Å²) in [6, 6.07) is 0. The number of ether oxygens (including phenoxy) is 2. The number of hydrogen-bond acceptors (Lipinski definition) is 8. The summed E-state index contributed by atoms with van der Waals surface area (Å²) in [5.41, 5.74) is 5.28. The molecule has 0 saturated heterocycles. The van der Waals surface area contributed by atoms with Crippen LogP contribution in [0.3, 0.4) is 0 Å². The number of anilines is 3. The number of nitrogens with zero attached hydrogens (tertiary/aromatic N) is 2. The van der Waals surface area contributed by atoms with Gasteiger partial charge in [0.2, 0.25) is 5.95 Å². The van der Waals surface area contributed by atoms with E-state index in [-0.39, 0.29) is 30.3 Å². The molecule has 26 heavy (non-hydrogen) atoms. The van der Waals surface area contributed by atoms with Gasteiger partial charge in [-0.3, -0.25) is 9.78 Å². The Kier molecular flexibility index (Phi) is 6.85. The first-order valence-electron chi connectivity index (χ1n) is 8.99. The number of aromatic nitrogens is 2. The molecule has 0 atom stereocenters. The van der Waals surface area contributed by atoms with Crippen molar-refractivity contribution in [2.75, 3.05) is 49.0 Å². The predicted molar refractivity (Wildman–Crippen MR) is 101 cm³/mol. The second-order valence-corrected chi connectivity index (χ2v) is 7.38. The molecule has 1 aliphatic heterocycles. The van der Waals surface area contributed by atoms with Crippen LogP contribution in [0.1, 0.15) is 34.1 Å². The van der Waals surface area contributed by atoms with Gasteiger partial charge in [0, 0.05) is 12.0 Å². The van der Waals surface area contributed by atoms with E-state index in [1.165, 1.54) is 0 Å². The molecule has 0 aromatic carbocycles. The molecule has 0 bridgehead atoms. The number of rotatable bonds is 10. The first kappa shape index (κ1) is 20.5.